The van der Waals surface area contributed by atoms with Crippen molar-refractivity contribution in [1.82, 2.24) is 9.97 Å². The summed E-state index contributed by atoms with van der Waals surface area (Å²) in [5.41, 5.74) is 8.62. The number of hydrogen-bond acceptors (Lipinski definition) is 6. The van der Waals surface area contributed by atoms with Crippen LogP contribution in [0.15, 0.2) is 59.8 Å². The monoisotopic (exact) mass is 334 g/mol. The van der Waals surface area contributed by atoms with Crippen molar-refractivity contribution in [3.63, 3.8) is 0 Å². The Labute approximate surface area is 142 Å². The molecule has 4 aromatic rings. The van der Waals surface area contributed by atoms with Crippen molar-refractivity contribution in [1.29, 1.82) is 0 Å². The van der Waals surface area contributed by atoms with Gasteiger partial charge in [0.2, 0.25) is 0 Å². The molecule has 2 N–H and O–H groups in total. The van der Waals surface area contributed by atoms with E-state index in [-0.39, 0.29) is 0 Å². The molecule has 0 aliphatic rings. The molecule has 0 amide bonds. The number of pyridine rings is 1. The van der Waals surface area contributed by atoms with E-state index >= 15 is 0 Å². The first-order valence-corrected chi connectivity index (χ1v) is 8.27. The minimum Gasteiger partial charge on any atom is -0.388 e. The van der Waals surface area contributed by atoms with Gasteiger partial charge in [-0.15, -0.1) is 11.3 Å². The number of thiazole rings is 1. The lowest BCUT2D eigenvalue weighted by molar-refractivity contribution is 0.132. The van der Waals surface area contributed by atoms with Crippen molar-refractivity contribution in [2.24, 2.45) is 5.16 Å². The quantitative estimate of drug-likeness (QED) is 0.452. The Bertz CT molecular complexity index is 1030. The van der Waals surface area contributed by atoms with Gasteiger partial charge in [-0.05, 0) is 11.6 Å². The average Bonchev–Trinajstić information content (AvgIpc) is 3.05. The number of fused-ring (bicyclic) bond motifs is 3. The van der Waals surface area contributed by atoms with Crippen molar-refractivity contribution >= 4 is 44.5 Å². The highest BCUT2D eigenvalue weighted by molar-refractivity contribution is 7.19. The first-order chi connectivity index (χ1) is 11.8. The van der Waals surface area contributed by atoms with E-state index in [1.54, 1.807) is 17.6 Å². The van der Waals surface area contributed by atoms with E-state index in [1.807, 2.05) is 54.6 Å². The van der Waals surface area contributed by atoms with Crippen LogP contribution in [0.2, 0.25) is 0 Å². The van der Waals surface area contributed by atoms with Crippen LogP contribution >= 0.6 is 11.3 Å². The van der Waals surface area contributed by atoms with E-state index in [2.05, 4.69) is 15.1 Å². The molecule has 5 nitrogen and oxygen atoms in total. The summed E-state index contributed by atoms with van der Waals surface area (Å²) in [5.74, 6) is 0.444. The fourth-order valence-electron chi connectivity index (χ4n) is 2.46. The molecule has 2 aromatic carbocycles. The summed E-state index contributed by atoms with van der Waals surface area (Å²) in [5, 5.41) is 5.86. The Hall–Kier alpha value is -2.99. The fraction of sp³-hybridized carbons (Fsp3) is 0.0556. The molecule has 0 spiro atoms. The number of hydrogen-bond donors (Lipinski definition) is 1. The van der Waals surface area contributed by atoms with E-state index in [4.69, 9.17) is 10.6 Å². The first-order valence-electron chi connectivity index (χ1n) is 7.45. The second-order valence-electron chi connectivity index (χ2n) is 5.22. The topological polar surface area (TPSA) is 73.4 Å². The van der Waals surface area contributed by atoms with Crippen LogP contribution < -0.4 is 5.73 Å². The van der Waals surface area contributed by atoms with E-state index in [0.717, 1.165) is 31.7 Å². The van der Waals surface area contributed by atoms with Gasteiger partial charge in [0.05, 0.1) is 16.4 Å². The van der Waals surface area contributed by atoms with Crippen LogP contribution in [-0.2, 0) is 11.4 Å². The fourth-order valence-corrected chi connectivity index (χ4v) is 3.47. The van der Waals surface area contributed by atoms with Gasteiger partial charge in [0.15, 0.2) is 12.4 Å². The predicted molar refractivity (Wildman–Crippen MR) is 98.2 cm³/mol. The van der Waals surface area contributed by atoms with Gasteiger partial charge in [-0.2, -0.15) is 0 Å². The van der Waals surface area contributed by atoms with E-state index in [0.29, 0.717) is 12.4 Å². The van der Waals surface area contributed by atoms with Gasteiger partial charge < -0.3 is 10.6 Å². The summed E-state index contributed by atoms with van der Waals surface area (Å²) >= 11 is 1.56. The second kappa shape index (κ2) is 6.25. The third-order valence-electron chi connectivity index (χ3n) is 3.57. The lowest BCUT2D eigenvalue weighted by Crippen LogP contribution is -1.93. The summed E-state index contributed by atoms with van der Waals surface area (Å²) < 4.78 is 1.03. The Balaban J connectivity index is 1.58. The van der Waals surface area contributed by atoms with Crippen LogP contribution in [0.5, 0.6) is 0 Å². The number of anilines is 1. The minimum atomic E-state index is 0.302. The van der Waals surface area contributed by atoms with Crippen LogP contribution in [-0.4, -0.2) is 16.2 Å². The molecule has 24 heavy (non-hydrogen) atoms. The van der Waals surface area contributed by atoms with Crippen LogP contribution in [0.3, 0.4) is 0 Å². The zero-order chi connectivity index (χ0) is 16.4. The third kappa shape index (κ3) is 2.79. The van der Waals surface area contributed by atoms with Crippen LogP contribution in [0, 0.1) is 0 Å². The van der Waals surface area contributed by atoms with Gasteiger partial charge in [-0.1, -0.05) is 53.7 Å². The molecule has 0 saturated carbocycles. The molecule has 2 aromatic heterocycles. The number of benzene rings is 2. The normalized spacial score (nSPS) is 11.5. The van der Waals surface area contributed by atoms with Crippen molar-refractivity contribution in [3.8, 4) is 0 Å². The van der Waals surface area contributed by atoms with E-state index in [1.165, 1.54) is 0 Å². The highest BCUT2D eigenvalue weighted by Crippen LogP contribution is 2.32. The SMILES string of the molecule is Nc1nc2ccccc2c2sc(CO/N=C/c3ccccc3)nc12. The Morgan fingerprint density at radius 3 is 2.71 bits per heavy atom. The summed E-state index contributed by atoms with van der Waals surface area (Å²) in [7, 11) is 0. The van der Waals surface area contributed by atoms with Crippen molar-refractivity contribution < 1.29 is 4.84 Å². The molecule has 0 saturated heterocycles. The highest BCUT2D eigenvalue weighted by atomic mass is 32.1. The molecule has 6 heteroatoms. The number of para-hydroxylation sites is 1. The van der Waals surface area contributed by atoms with Crippen molar-refractivity contribution in [2.45, 2.75) is 6.61 Å². The molecule has 4 rings (SSSR count). The van der Waals surface area contributed by atoms with Gasteiger partial charge in [-0.3, -0.25) is 0 Å². The molecular formula is C18H14N4OS. The minimum absolute atomic E-state index is 0.302. The number of rotatable bonds is 4. The molecule has 0 atom stereocenters. The molecule has 0 unspecified atom stereocenters. The maximum absolute atomic E-state index is 6.03. The lowest BCUT2D eigenvalue weighted by atomic mass is 10.2. The maximum atomic E-state index is 6.03. The third-order valence-corrected chi connectivity index (χ3v) is 4.63. The van der Waals surface area contributed by atoms with E-state index < -0.39 is 0 Å². The van der Waals surface area contributed by atoms with Crippen molar-refractivity contribution in [3.05, 3.63) is 65.2 Å². The zero-order valence-electron chi connectivity index (χ0n) is 12.7. The summed E-state index contributed by atoms with van der Waals surface area (Å²) in [4.78, 5) is 14.3. The number of nitrogens with two attached hydrogens (primary N) is 1. The smallest absolute Gasteiger partial charge is 0.168 e. The van der Waals surface area contributed by atoms with Gasteiger partial charge >= 0.3 is 0 Å². The number of oxime groups is 1. The Kier molecular flexibility index (Phi) is 3.80. The predicted octanol–water partition coefficient (Wildman–Crippen LogP) is 3.98. The van der Waals surface area contributed by atoms with E-state index in [9.17, 15) is 0 Å². The molecule has 0 fully saturated rings. The average molecular weight is 334 g/mol. The molecule has 0 radical (unpaired) electrons. The zero-order valence-corrected chi connectivity index (χ0v) is 13.5. The van der Waals surface area contributed by atoms with Gasteiger partial charge in [0, 0.05) is 5.39 Å². The van der Waals surface area contributed by atoms with Gasteiger partial charge in [0.1, 0.15) is 10.5 Å². The standard InChI is InChI=1S/C18H14N4OS/c19-18-16-17(13-8-4-5-9-14(13)21-18)24-15(22-16)11-23-20-10-12-6-2-1-3-7-12/h1-10H,11H2,(H2,19,21)/b20-10+. The second-order valence-corrected chi connectivity index (χ2v) is 6.30. The molecule has 0 bridgehead atoms. The Morgan fingerprint density at radius 2 is 1.83 bits per heavy atom. The van der Waals surface area contributed by atoms with Crippen LogP contribution in [0.4, 0.5) is 5.82 Å². The van der Waals surface area contributed by atoms with Crippen LogP contribution in [0.25, 0.3) is 21.1 Å². The lowest BCUT2D eigenvalue weighted by Gasteiger charge is -1.99. The number of aromatic nitrogens is 2. The molecular weight excluding hydrogens is 320 g/mol. The van der Waals surface area contributed by atoms with Gasteiger partial charge in [0.25, 0.3) is 0 Å². The van der Waals surface area contributed by atoms with Crippen LogP contribution in [0.1, 0.15) is 10.6 Å². The Morgan fingerprint density at radius 1 is 1.04 bits per heavy atom. The first kappa shape index (κ1) is 14.6. The molecule has 2 heterocycles. The molecule has 0 aliphatic carbocycles. The largest absolute Gasteiger partial charge is 0.388 e. The summed E-state index contributed by atoms with van der Waals surface area (Å²) in [6, 6.07) is 17.7. The number of nitrogens with zero attached hydrogens (tertiary/aromatic N) is 3. The van der Waals surface area contributed by atoms with Crippen molar-refractivity contribution in [2.75, 3.05) is 5.73 Å². The maximum Gasteiger partial charge on any atom is 0.168 e. The number of nitrogen functional groups attached to an aromatic ring is 1. The summed E-state index contributed by atoms with van der Waals surface area (Å²) in [6.45, 7) is 0.302. The molecule has 0 aliphatic heterocycles. The molecule has 118 valence electrons. The van der Waals surface area contributed by atoms with Gasteiger partial charge in [-0.25, -0.2) is 9.97 Å². The highest BCUT2D eigenvalue weighted by Gasteiger charge is 2.12. The summed E-state index contributed by atoms with van der Waals surface area (Å²) in [6.07, 6.45) is 1.68.